The predicted molar refractivity (Wildman–Crippen MR) is 82.2 cm³/mol. The maximum atomic E-state index is 11.6. The van der Waals surface area contributed by atoms with Gasteiger partial charge >= 0.3 is 0 Å². The lowest BCUT2D eigenvalue weighted by atomic mass is 10.1. The molecule has 0 atom stereocenters. The van der Waals surface area contributed by atoms with E-state index in [4.69, 9.17) is 4.74 Å². The van der Waals surface area contributed by atoms with E-state index in [9.17, 15) is 9.59 Å². The zero-order valence-electron chi connectivity index (χ0n) is 12.3. The summed E-state index contributed by atoms with van der Waals surface area (Å²) in [4.78, 5) is 22.4. The first-order chi connectivity index (χ1) is 10.1. The van der Waals surface area contributed by atoms with Crippen molar-refractivity contribution in [1.29, 1.82) is 0 Å². The highest BCUT2D eigenvalue weighted by Gasteiger charge is 2.09. The minimum atomic E-state index is -0.0713. The molecule has 0 heterocycles. The second-order valence-corrected chi connectivity index (χ2v) is 5.02. The van der Waals surface area contributed by atoms with Crippen molar-refractivity contribution >= 4 is 12.1 Å². The van der Waals surface area contributed by atoms with Crippen molar-refractivity contribution in [3.05, 3.63) is 64.7 Å². The van der Waals surface area contributed by atoms with Gasteiger partial charge in [0.15, 0.2) is 5.78 Å². The summed E-state index contributed by atoms with van der Waals surface area (Å²) in [5.74, 6) is 0.401. The molecule has 2 aromatic carbocycles. The Morgan fingerprint density at radius 3 is 2.67 bits per heavy atom. The van der Waals surface area contributed by atoms with E-state index in [-0.39, 0.29) is 5.78 Å². The number of ether oxygens (including phenoxy) is 1. The molecule has 0 unspecified atom stereocenters. The van der Waals surface area contributed by atoms with Gasteiger partial charge in [0.25, 0.3) is 0 Å². The average Bonchev–Trinajstić information content (AvgIpc) is 2.47. The zero-order chi connectivity index (χ0) is 15.2. The largest absolute Gasteiger partial charge is 0.492 e. The second-order valence-electron chi connectivity index (χ2n) is 5.02. The molecular weight excluding hydrogens is 264 g/mol. The van der Waals surface area contributed by atoms with Gasteiger partial charge in [0.1, 0.15) is 12.0 Å². The van der Waals surface area contributed by atoms with Crippen LogP contribution in [0.15, 0.2) is 42.5 Å². The van der Waals surface area contributed by atoms with Crippen molar-refractivity contribution in [3.8, 4) is 5.75 Å². The number of rotatable bonds is 6. The van der Waals surface area contributed by atoms with Gasteiger partial charge in [0, 0.05) is 12.0 Å². The van der Waals surface area contributed by atoms with Gasteiger partial charge in [-0.25, -0.2) is 0 Å². The first kappa shape index (κ1) is 15.0. The number of ketones is 1. The summed E-state index contributed by atoms with van der Waals surface area (Å²) in [5.41, 5.74) is 3.40. The molecule has 0 aliphatic heterocycles. The third-order valence-electron chi connectivity index (χ3n) is 3.25. The van der Waals surface area contributed by atoms with E-state index in [0.717, 1.165) is 12.7 Å². The summed E-state index contributed by atoms with van der Waals surface area (Å²) in [6.45, 7) is 4.00. The molecule has 108 valence electrons. The molecule has 0 aliphatic rings. The SMILES string of the molecule is CC(=O)c1ccc(C=O)cc1OCCc1cccc(C)c1. The second kappa shape index (κ2) is 6.84. The van der Waals surface area contributed by atoms with Gasteiger partial charge in [-0.1, -0.05) is 35.9 Å². The van der Waals surface area contributed by atoms with Gasteiger partial charge in [-0.15, -0.1) is 0 Å². The van der Waals surface area contributed by atoms with E-state index in [2.05, 4.69) is 6.07 Å². The smallest absolute Gasteiger partial charge is 0.163 e. The Hall–Kier alpha value is -2.42. The fraction of sp³-hybridized carbons (Fsp3) is 0.222. The summed E-state index contributed by atoms with van der Waals surface area (Å²) < 4.78 is 5.71. The van der Waals surface area contributed by atoms with Crippen LogP contribution in [0.3, 0.4) is 0 Å². The first-order valence-corrected chi connectivity index (χ1v) is 6.88. The van der Waals surface area contributed by atoms with Gasteiger partial charge in [0.05, 0.1) is 12.2 Å². The van der Waals surface area contributed by atoms with Crippen LogP contribution in [-0.4, -0.2) is 18.7 Å². The number of carbonyl (C=O) groups excluding carboxylic acids is 2. The third kappa shape index (κ3) is 4.02. The predicted octanol–water partition coefficient (Wildman–Crippen LogP) is 3.63. The van der Waals surface area contributed by atoms with Gasteiger partial charge < -0.3 is 4.74 Å². The lowest BCUT2D eigenvalue weighted by Gasteiger charge is -2.10. The first-order valence-electron chi connectivity index (χ1n) is 6.88. The highest BCUT2D eigenvalue weighted by molar-refractivity contribution is 5.97. The van der Waals surface area contributed by atoms with Gasteiger partial charge in [0.2, 0.25) is 0 Å². The molecule has 21 heavy (non-hydrogen) atoms. The standard InChI is InChI=1S/C18H18O3/c1-13-4-3-5-15(10-13)8-9-21-18-11-16(12-19)6-7-17(18)14(2)20/h3-7,10-12H,8-9H2,1-2H3. The Bertz CT molecular complexity index is 659. The Morgan fingerprint density at radius 2 is 2.00 bits per heavy atom. The van der Waals surface area contributed by atoms with Crippen LogP contribution in [0.1, 0.15) is 38.8 Å². The van der Waals surface area contributed by atoms with Crippen LogP contribution in [0.4, 0.5) is 0 Å². The van der Waals surface area contributed by atoms with E-state index in [1.165, 1.54) is 18.1 Å². The fourth-order valence-electron chi connectivity index (χ4n) is 2.17. The van der Waals surface area contributed by atoms with E-state index in [1.807, 2.05) is 25.1 Å². The number of benzene rings is 2. The molecule has 0 bridgehead atoms. The van der Waals surface area contributed by atoms with Crippen LogP contribution in [0.25, 0.3) is 0 Å². The molecule has 0 radical (unpaired) electrons. The van der Waals surface area contributed by atoms with Crippen LogP contribution < -0.4 is 4.74 Å². The Morgan fingerprint density at radius 1 is 1.19 bits per heavy atom. The molecule has 0 N–H and O–H groups in total. The van der Waals surface area contributed by atoms with Crippen LogP contribution in [0.2, 0.25) is 0 Å². The Kier molecular flexibility index (Phi) is 4.88. The van der Waals surface area contributed by atoms with E-state index < -0.39 is 0 Å². The number of hydrogen-bond donors (Lipinski definition) is 0. The van der Waals surface area contributed by atoms with Crippen molar-refractivity contribution in [2.45, 2.75) is 20.3 Å². The molecule has 0 spiro atoms. The van der Waals surface area contributed by atoms with Crippen LogP contribution >= 0.6 is 0 Å². The fourth-order valence-corrected chi connectivity index (χ4v) is 2.17. The Balaban J connectivity index is 2.08. The lowest BCUT2D eigenvalue weighted by Crippen LogP contribution is -2.06. The average molecular weight is 282 g/mol. The van der Waals surface area contributed by atoms with Crippen molar-refractivity contribution < 1.29 is 14.3 Å². The summed E-state index contributed by atoms with van der Waals surface area (Å²) in [5, 5.41) is 0. The molecule has 0 fully saturated rings. The highest BCUT2D eigenvalue weighted by Crippen LogP contribution is 2.21. The number of Topliss-reactive ketones (excluding diaryl/α,β-unsaturated/α-hetero) is 1. The highest BCUT2D eigenvalue weighted by atomic mass is 16.5. The number of aldehydes is 1. The van der Waals surface area contributed by atoms with Gasteiger partial charge in [-0.3, -0.25) is 9.59 Å². The molecule has 2 aromatic rings. The number of aryl methyl sites for hydroxylation is 1. The third-order valence-corrected chi connectivity index (χ3v) is 3.25. The number of carbonyl (C=O) groups is 2. The van der Waals surface area contributed by atoms with Crippen molar-refractivity contribution in [3.63, 3.8) is 0 Å². The van der Waals surface area contributed by atoms with Crippen molar-refractivity contribution in [2.75, 3.05) is 6.61 Å². The molecule has 3 nitrogen and oxygen atoms in total. The lowest BCUT2D eigenvalue weighted by molar-refractivity contribution is 0.101. The molecule has 0 saturated heterocycles. The van der Waals surface area contributed by atoms with Crippen molar-refractivity contribution in [2.24, 2.45) is 0 Å². The van der Waals surface area contributed by atoms with E-state index in [1.54, 1.807) is 18.2 Å². The summed E-state index contributed by atoms with van der Waals surface area (Å²) in [6.07, 6.45) is 1.50. The molecule has 0 aromatic heterocycles. The zero-order valence-corrected chi connectivity index (χ0v) is 12.3. The normalized spacial score (nSPS) is 10.2. The minimum absolute atomic E-state index is 0.0713. The monoisotopic (exact) mass is 282 g/mol. The quantitative estimate of drug-likeness (QED) is 0.600. The maximum Gasteiger partial charge on any atom is 0.163 e. The van der Waals surface area contributed by atoms with E-state index >= 15 is 0 Å². The molecule has 0 saturated carbocycles. The molecule has 0 amide bonds. The van der Waals surface area contributed by atoms with Crippen LogP contribution in [0.5, 0.6) is 5.75 Å². The summed E-state index contributed by atoms with van der Waals surface area (Å²) >= 11 is 0. The van der Waals surface area contributed by atoms with Gasteiger partial charge in [-0.05, 0) is 31.5 Å². The van der Waals surface area contributed by atoms with Crippen molar-refractivity contribution in [1.82, 2.24) is 0 Å². The molecule has 3 heteroatoms. The minimum Gasteiger partial charge on any atom is -0.492 e. The molecule has 0 aliphatic carbocycles. The molecular formula is C18H18O3. The topological polar surface area (TPSA) is 43.4 Å². The van der Waals surface area contributed by atoms with Crippen LogP contribution in [-0.2, 0) is 6.42 Å². The maximum absolute atomic E-state index is 11.6. The molecule has 2 rings (SSSR count). The van der Waals surface area contributed by atoms with E-state index in [0.29, 0.717) is 23.5 Å². The summed E-state index contributed by atoms with van der Waals surface area (Å²) in [6, 6.07) is 13.1. The van der Waals surface area contributed by atoms with Gasteiger partial charge in [-0.2, -0.15) is 0 Å². The number of hydrogen-bond acceptors (Lipinski definition) is 3. The Labute approximate surface area is 124 Å². The summed E-state index contributed by atoms with van der Waals surface area (Å²) in [7, 11) is 0. The van der Waals surface area contributed by atoms with Crippen LogP contribution in [0, 0.1) is 6.92 Å².